The third-order valence-electron chi connectivity index (χ3n) is 5.78. The van der Waals surface area contributed by atoms with Crippen LogP contribution in [0.25, 0.3) is 0 Å². The number of rotatable bonds is 2. The maximum atomic E-state index is 13.8. The van der Waals surface area contributed by atoms with Crippen molar-refractivity contribution in [2.24, 2.45) is 0 Å². The first-order valence-corrected chi connectivity index (χ1v) is 10.0. The van der Waals surface area contributed by atoms with E-state index in [1.807, 2.05) is 30.8 Å². The van der Waals surface area contributed by atoms with Crippen LogP contribution in [0, 0.1) is 6.92 Å². The van der Waals surface area contributed by atoms with Crippen molar-refractivity contribution < 1.29 is 8.78 Å². The van der Waals surface area contributed by atoms with Crippen LogP contribution in [0.4, 0.5) is 20.2 Å². The predicted octanol–water partition coefficient (Wildman–Crippen LogP) is 1.67. The van der Waals surface area contributed by atoms with E-state index >= 15 is 0 Å². The molecule has 2 aromatic rings. The average molecular weight is 411 g/mol. The van der Waals surface area contributed by atoms with E-state index in [1.54, 1.807) is 28.0 Å². The third kappa shape index (κ3) is 5.05. The summed E-state index contributed by atoms with van der Waals surface area (Å²) in [5, 5.41) is 8.20. The molecule has 29 heavy (non-hydrogen) atoms. The molecular formula is C19H32F2N8. The van der Waals surface area contributed by atoms with E-state index in [0.29, 0.717) is 24.5 Å². The normalized spacial score (nSPS) is 28.7. The van der Waals surface area contributed by atoms with Gasteiger partial charge in [-0.1, -0.05) is 0 Å². The first-order chi connectivity index (χ1) is 13.8. The highest BCUT2D eigenvalue weighted by molar-refractivity contribution is 5.40. The fraction of sp³-hybridized carbons (Fsp3) is 0.684. The zero-order valence-electron chi connectivity index (χ0n) is 17.4. The molecule has 2 saturated heterocycles. The molecule has 0 amide bonds. The molecule has 4 unspecified atom stereocenters. The number of halogens is 2. The highest BCUT2D eigenvalue weighted by Crippen LogP contribution is 2.27. The number of likely N-dealkylation sites (tertiary alicyclic amines) is 2. The molecule has 2 aliphatic heterocycles. The molecule has 0 spiro atoms. The van der Waals surface area contributed by atoms with Crippen LogP contribution in [0.15, 0.2) is 18.6 Å². The van der Waals surface area contributed by atoms with Gasteiger partial charge in [-0.15, -0.1) is 0 Å². The zero-order chi connectivity index (χ0) is 21.1. The minimum atomic E-state index is -0.859. The van der Waals surface area contributed by atoms with Crippen molar-refractivity contribution in [1.82, 2.24) is 29.4 Å². The van der Waals surface area contributed by atoms with Crippen molar-refractivity contribution in [3.8, 4) is 0 Å². The minimum absolute atomic E-state index is 0.150. The Kier molecular flexibility index (Phi) is 6.74. The van der Waals surface area contributed by atoms with Gasteiger partial charge in [0.15, 0.2) is 0 Å². The molecule has 4 heterocycles. The van der Waals surface area contributed by atoms with Gasteiger partial charge in [0.1, 0.15) is 12.3 Å². The van der Waals surface area contributed by atoms with Gasteiger partial charge in [-0.05, 0) is 33.9 Å². The van der Waals surface area contributed by atoms with Gasteiger partial charge in [-0.3, -0.25) is 9.36 Å². The Balaban J connectivity index is 0.000000166. The Labute approximate surface area is 170 Å². The number of hydrogen-bond donors (Lipinski definition) is 2. The summed E-state index contributed by atoms with van der Waals surface area (Å²) in [6.45, 7) is 4.65. The van der Waals surface area contributed by atoms with Crippen molar-refractivity contribution in [2.45, 2.75) is 44.2 Å². The molecule has 2 aliphatic rings. The van der Waals surface area contributed by atoms with Crippen molar-refractivity contribution >= 4 is 11.4 Å². The van der Waals surface area contributed by atoms with Gasteiger partial charge in [0.25, 0.3) is 0 Å². The molecule has 0 aromatic carbocycles. The van der Waals surface area contributed by atoms with E-state index in [-0.39, 0.29) is 12.1 Å². The average Bonchev–Trinajstić information content (AvgIpc) is 3.22. The minimum Gasteiger partial charge on any atom is -0.396 e. The maximum absolute atomic E-state index is 13.8. The van der Waals surface area contributed by atoms with Gasteiger partial charge in [-0.2, -0.15) is 10.2 Å². The molecule has 0 bridgehead atoms. The van der Waals surface area contributed by atoms with Crippen molar-refractivity contribution in [1.29, 1.82) is 0 Å². The van der Waals surface area contributed by atoms with Crippen LogP contribution >= 0.6 is 0 Å². The smallest absolute Gasteiger partial charge is 0.135 e. The van der Waals surface area contributed by atoms with E-state index < -0.39 is 12.3 Å². The standard InChI is InChI=1S/C10H17FN4.C9H15FN4/c1-7-9(12)5-13-15(7)10-3-4-14(2)6-8(10)11;1-13-3-2-9(8(10)6-13)14-5-7(11)4-12-14/h5,8,10H,3-4,6,12H2,1-2H3;4-5,8-9H,2-3,6,11H2,1H3. The Morgan fingerprint density at radius 2 is 1.52 bits per heavy atom. The molecule has 0 radical (unpaired) electrons. The number of nitrogen functional groups attached to an aromatic ring is 2. The van der Waals surface area contributed by atoms with E-state index in [4.69, 9.17) is 11.5 Å². The van der Waals surface area contributed by atoms with Crippen LogP contribution in [0.5, 0.6) is 0 Å². The number of anilines is 2. The molecular weight excluding hydrogens is 378 g/mol. The molecule has 2 aromatic heterocycles. The van der Waals surface area contributed by atoms with Gasteiger partial charge in [0, 0.05) is 32.4 Å². The number of hydrogen-bond acceptors (Lipinski definition) is 6. The molecule has 4 N–H and O–H groups in total. The molecule has 162 valence electrons. The van der Waals surface area contributed by atoms with Crippen LogP contribution in [-0.2, 0) is 0 Å². The monoisotopic (exact) mass is 410 g/mol. The molecule has 4 rings (SSSR count). The summed E-state index contributed by atoms with van der Waals surface area (Å²) in [4.78, 5) is 4.00. The van der Waals surface area contributed by atoms with Crippen LogP contribution in [0.2, 0.25) is 0 Å². The highest BCUT2D eigenvalue weighted by atomic mass is 19.1. The lowest BCUT2D eigenvalue weighted by molar-refractivity contribution is 0.0994. The largest absolute Gasteiger partial charge is 0.396 e. The lowest BCUT2D eigenvalue weighted by Crippen LogP contribution is -2.41. The van der Waals surface area contributed by atoms with Gasteiger partial charge in [0.05, 0.1) is 41.5 Å². The van der Waals surface area contributed by atoms with E-state index in [9.17, 15) is 8.78 Å². The van der Waals surface area contributed by atoms with Gasteiger partial charge in [-0.25, -0.2) is 8.78 Å². The molecule has 10 heteroatoms. The number of alkyl halides is 2. The second-order valence-electron chi connectivity index (χ2n) is 8.15. The zero-order valence-corrected chi connectivity index (χ0v) is 17.4. The summed E-state index contributed by atoms with van der Waals surface area (Å²) in [5.74, 6) is 0. The van der Waals surface area contributed by atoms with E-state index in [0.717, 1.165) is 31.6 Å². The molecule has 2 fully saturated rings. The highest BCUT2D eigenvalue weighted by Gasteiger charge is 2.31. The molecule has 8 nitrogen and oxygen atoms in total. The number of aromatic nitrogens is 4. The van der Waals surface area contributed by atoms with Gasteiger partial charge >= 0.3 is 0 Å². The van der Waals surface area contributed by atoms with Crippen LogP contribution in [0.3, 0.4) is 0 Å². The third-order valence-corrected chi connectivity index (χ3v) is 5.78. The molecule has 0 saturated carbocycles. The SMILES string of the molecule is CN1CCC(n2cc(N)cn2)C(F)C1.Cc1c(N)cnn1C1CCN(C)CC1F. The topological polar surface area (TPSA) is 94.2 Å². The number of piperidine rings is 2. The quantitative estimate of drug-likeness (QED) is 0.782. The molecule has 4 atom stereocenters. The summed E-state index contributed by atoms with van der Waals surface area (Å²) < 4.78 is 30.9. The van der Waals surface area contributed by atoms with Crippen LogP contribution in [-0.4, -0.2) is 82.0 Å². The summed E-state index contributed by atoms with van der Waals surface area (Å²) in [5.41, 5.74) is 13.3. The summed E-state index contributed by atoms with van der Waals surface area (Å²) >= 11 is 0. The number of nitrogens with two attached hydrogens (primary N) is 2. The Hall–Kier alpha value is -2.20. The van der Waals surface area contributed by atoms with Crippen molar-refractivity contribution in [3.05, 3.63) is 24.3 Å². The fourth-order valence-corrected chi connectivity index (χ4v) is 3.97. The Bertz CT molecular complexity index is 791. The van der Waals surface area contributed by atoms with Gasteiger partial charge in [0.2, 0.25) is 0 Å². The first-order valence-electron chi connectivity index (χ1n) is 10.0. The van der Waals surface area contributed by atoms with E-state index in [1.165, 1.54) is 0 Å². The second kappa shape index (κ2) is 9.08. The summed E-state index contributed by atoms with van der Waals surface area (Å²) in [6, 6.07) is -0.304. The van der Waals surface area contributed by atoms with E-state index in [2.05, 4.69) is 10.2 Å². The van der Waals surface area contributed by atoms with Crippen molar-refractivity contribution in [3.63, 3.8) is 0 Å². The summed E-state index contributed by atoms with van der Waals surface area (Å²) in [7, 11) is 3.87. The maximum Gasteiger partial charge on any atom is 0.135 e. The fourth-order valence-electron chi connectivity index (χ4n) is 3.97. The van der Waals surface area contributed by atoms with Gasteiger partial charge < -0.3 is 21.3 Å². The van der Waals surface area contributed by atoms with Crippen molar-refractivity contribution in [2.75, 3.05) is 51.7 Å². The first kappa shape index (κ1) is 21.5. The van der Waals surface area contributed by atoms with Crippen LogP contribution < -0.4 is 11.5 Å². The summed E-state index contributed by atoms with van der Waals surface area (Å²) in [6.07, 6.45) is 4.72. The predicted molar refractivity (Wildman–Crippen MR) is 110 cm³/mol. The Morgan fingerprint density at radius 3 is 1.97 bits per heavy atom. The second-order valence-corrected chi connectivity index (χ2v) is 8.15. The number of nitrogens with zero attached hydrogens (tertiary/aromatic N) is 6. The molecule has 0 aliphatic carbocycles. The Morgan fingerprint density at radius 1 is 0.931 bits per heavy atom. The lowest BCUT2D eigenvalue weighted by Gasteiger charge is -2.32. The van der Waals surface area contributed by atoms with Crippen LogP contribution in [0.1, 0.15) is 30.6 Å². The lowest BCUT2D eigenvalue weighted by atomic mass is 10.0.